The topological polar surface area (TPSA) is 74.7 Å². The molecule has 5 heteroatoms. The zero-order chi connectivity index (χ0) is 27.5. The second kappa shape index (κ2) is 8.05. The highest BCUT2D eigenvalue weighted by atomic mass is 16.4. The molecule has 8 rings (SSSR count). The Kier molecular flexibility index (Phi) is 5.17. The number of fused-ring (bicyclic) bond motifs is 2. The molecule has 1 saturated heterocycles. The number of carboxylic acid groups (broad SMARTS) is 1. The molecule has 2 amide bonds. The Morgan fingerprint density at radius 1 is 0.974 bits per heavy atom. The molecule has 2 aromatic rings. The minimum Gasteiger partial charge on any atom is -0.481 e. The van der Waals surface area contributed by atoms with Crippen molar-refractivity contribution in [2.45, 2.75) is 66.2 Å². The van der Waals surface area contributed by atoms with Crippen LogP contribution < -0.4 is 4.90 Å². The molecule has 6 aliphatic rings. The predicted octanol–water partition coefficient (Wildman–Crippen LogP) is 6.86. The quantitative estimate of drug-likeness (QED) is 0.351. The molecule has 1 spiro atoms. The van der Waals surface area contributed by atoms with Crippen LogP contribution in [0.4, 0.5) is 5.69 Å². The molecule has 2 bridgehead atoms. The standard InChI is InChI=1S/C34H39NO4/c1-19(2)23-18-34-16-13-25-32(3,14-8-15-33(25,4)31(38)39)26(34)17-22(23)27-28(34)30(37)35(29(27)36)24-12-7-10-20-9-5-6-11-21(20)24/h5-7,9-12,18-19,22,25-28H,8,13-17H2,1-4H3,(H,38,39)/t22-,25-,26-,27-,28+,32+,33-,34+/m1/s1. The van der Waals surface area contributed by atoms with Crippen molar-refractivity contribution in [3.8, 4) is 0 Å². The van der Waals surface area contributed by atoms with Gasteiger partial charge in [0.25, 0.3) is 0 Å². The lowest BCUT2D eigenvalue weighted by Gasteiger charge is -2.68. The van der Waals surface area contributed by atoms with Gasteiger partial charge < -0.3 is 5.11 Å². The molecule has 1 N–H and O–H groups in total. The van der Waals surface area contributed by atoms with Crippen LogP contribution >= 0.6 is 0 Å². The summed E-state index contributed by atoms with van der Waals surface area (Å²) in [4.78, 5) is 43.1. The smallest absolute Gasteiger partial charge is 0.309 e. The highest BCUT2D eigenvalue weighted by Gasteiger charge is 2.73. The third-order valence-electron chi connectivity index (χ3n) is 12.2. The van der Waals surface area contributed by atoms with E-state index in [0.29, 0.717) is 11.6 Å². The zero-order valence-corrected chi connectivity index (χ0v) is 23.4. The molecule has 0 aromatic heterocycles. The van der Waals surface area contributed by atoms with Crippen LogP contribution in [-0.2, 0) is 14.4 Å². The lowest BCUT2D eigenvalue weighted by molar-refractivity contribution is -0.194. The normalized spacial score (nSPS) is 40.9. The number of rotatable bonds is 3. The number of allylic oxidation sites excluding steroid dienone is 2. The van der Waals surface area contributed by atoms with Crippen molar-refractivity contribution in [3.63, 3.8) is 0 Å². The third kappa shape index (κ3) is 3.00. The summed E-state index contributed by atoms with van der Waals surface area (Å²) >= 11 is 0. The first-order valence-electron chi connectivity index (χ1n) is 14.9. The van der Waals surface area contributed by atoms with Crippen LogP contribution in [0.1, 0.15) is 66.2 Å². The minimum atomic E-state index is -0.736. The first kappa shape index (κ1) is 25.0. The molecule has 4 fully saturated rings. The molecule has 3 saturated carbocycles. The Hall–Kier alpha value is -2.95. The predicted molar refractivity (Wildman–Crippen MR) is 151 cm³/mol. The molecule has 204 valence electrons. The summed E-state index contributed by atoms with van der Waals surface area (Å²) in [5.74, 6) is -0.828. The van der Waals surface area contributed by atoms with Crippen molar-refractivity contribution in [1.82, 2.24) is 0 Å². The average molecular weight is 526 g/mol. The fourth-order valence-electron chi connectivity index (χ4n) is 10.6. The summed E-state index contributed by atoms with van der Waals surface area (Å²) in [5.41, 5.74) is 0.744. The number of anilines is 1. The van der Waals surface area contributed by atoms with E-state index in [1.54, 1.807) is 0 Å². The number of hydrogen-bond donors (Lipinski definition) is 1. The number of carboxylic acids is 1. The van der Waals surface area contributed by atoms with Crippen LogP contribution in [0.3, 0.4) is 0 Å². The molecule has 8 atom stereocenters. The molecule has 5 aliphatic carbocycles. The van der Waals surface area contributed by atoms with E-state index in [1.807, 2.05) is 49.4 Å². The highest BCUT2D eigenvalue weighted by molar-refractivity contribution is 6.25. The molecule has 0 unspecified atom stereocenters. The van der Waals surface area contributed by atoms with Crippen LogP contribution in [0.15, 0.2) is 54.1 Å². The fourth-order valence-corrected chi connectivity index (χ4v) is 10.6. The monoisotopic (exact) mass is 525 g/mol. The second-order valence-corrected chi connectivity index (χ2v) is 14.0. The molecule has 1 heterocycles. The van der Waals surface area contributed by atoms with Crippen molar-refractivity contribution in [1.29, 1.82) is 0 Å². The van der Waals surface area contributed by atoms with E-state index in [2.05, 4.69) is 26.8 Å². The van der Waals surface area contributed by atoms with Gasteiger partial charge in [-0.1, -0.05) is 75.2 Å². The summed E-state index contributed by atoms with van der Waals surface area (Å²) in [6, 6.07) is 13.9. The summed E-state index contributed by atoms with van der Waals surface area (Å²) < 4.78 is 0. The van der Waals surface area contributed by atoms with Gasteiger partial charge in [-0.15, -0.1) is 0 Å². The van der Waals surface area contributed by atoms with Gasteiger partial charge in [-0.3, -0.25) is 14.4 Å². The molecular formula is C34H39NO4. The van der Waals surface area contributed by atoms with Crippen molar-refractivity contribution in [2.24, 2.45) is 51.8 Å². The SMILES string of the molecule is CC(C)C1=C[C@@]23CC[C@@H]4[C@](C)(CCC[C@@]4(C)C(=O)O)[C@H]2C[C@H]1[C@H]1C(=O)N(c2cccc4ccccc24)C(=O)[C@H]13. The van der Waals surface area contributed by atoms with Crippen LogP contribution in [0.2, 0.25) is 0 Å². The van der Waals surface area contributed by atoms with E-state index in [4.69, 9.17) is 0 Å². The van der Waals surface area contributed by atoms with Gasteiger partial charge in [0.05, 0.1) is 22.9 Å². The number of imide groups is 1. The van der Waals surface area contributed by atoms with E-state index < -0.39 is 16.8 Å². The maximum absolute atomic E-state index is 14.6. The molecule has 0 radical (unpaired) electrons. The summed E-state index contributed by atoms with van der Waals surface area (Å²) in [7, 11) is 0. The van der Waals surface area contributed by atoms with Crippen molar-refractivity contribution >= 4 is 34.2 Å². The Balaban J connectivity index is 1.38. The van der Waals surface area contributed by atoms with E-state index in [1.165, 1.54) is 10.5 Å². The van der Waals surface area contributed by atoms with Crippen molar-refractivity contribution in [2.75, 3.05) is 4.90 Å². The van der Waals surface area contributed by atoms with E-state index in [-0.39, 0.29) is 46.8 Å². The first-order valence-corrected chi connectivity index (χ1v) is 14.9. The fraction of sp³-hybridized carbons (Fsp3) is 0.559. The molecule has 1 aliphatic heterocycles. The molecular weight excluding hydrogens is 486 g/mol. The average Bonchev–Trinajstić information content (AvgIpc) is 3.19. The Morgan fingerprint density at radius 3 is 2.46 bits per heavy atom. The zero-order valence-electron chi connectivity index (χ0n) is 23.4. The van der Waals surface area contributed by atoms with Gasteiger partial charge in [-0.05, 0) is 79.6 Å². The number of hydrogen-bond acceptors (Lipinski definition) is 3. The third-order valence-corrected chi connectivity index (χ3v) is 12.2. The first-order chi connectivity index (χ1) is 18.5. The Bertz CT molecular complexity index is 1450. The van der Waals surface area contributed by atoms with E-state index >= 15 is 0 Å². The van der Waals surface area contributed by atoms with Gasteiger partial charge in [0.1, 0.15) is 0 Å². The lowest BCUT2D eigenvalue weighted by atomic mass is 9.34. The number of aliphatic carboxylic acids is 1. The number of carbonyl (C=O) groups excluding carboxylic acids is 2. The molecule has 5 nitrogen and oxygen atoms in total. The van der Waals surface area contributed by atoms with Crippen LogP contribution in [0, 0.1) is 51.8 Å². The summed E-state index contributed by atoms with van der Waals surface area (Å²) in [6.07, 6.45) is 7.53. The largest absolute Gasteiger partial charge is 0.481 e. The summed E-state index contributed by atoms with van der Waals surface area (Å²) in [6.45, 7) is 8.71. The van der Waals surface area contributed by atoms with Gasteiger partial charge in [0.2, 0.25) is 11.8 Å². The van der Waals surface area contributed by atoms with Crippen LogP contribution in [-0.4, -0.2) is 22.9 Å². The second-order valence-electron chi connectivity index (χ2n) is 14.0. The number of benzene rings is 2. The molecule has 39 heavy (non-hydrogen) atoms. The van der Waals surface area contributed by atoms with E-state index in [0.717, 1.165) is 49.3 Å². The van der Waals surface area contributed by atoms with Gasteiger partial charge >= 0.3 is 5.97 Å². The van der Waals surface area contributed by atoms with Gasteiger partial charge in [0, 0.05) is 10.8 Å². The van der Waals surface area contributed by atoms with Crippen LogP contribution in [0.5, 0.6) is 0 Å². The Morgan fingerprint density at radius 2 is 1.72 bits per heavy atom. The van der Waals surface area contributed by atoms with Crippen molar-refractivity contribution in [3.05, 3.63) is 54.1 Å². The number of carbonyl (C=O) groups is 3. The van der Waals surface area contributed by atoms with Gasteiger partial charge in [-0.25, -0.2) is 4.90 Å². The van der Waals surface area contributed by atoms with Gasteiger partial charge in [0.15, 0.2) is 0 Å². The minimum absolute atomic E-state index is 0.0342. The lowest BCUT2D eigenvalue weighted by Crippen LogP contribution is -2.65. The van der Waals surface area contributed by atoms with Crippen molar-refractivity contribution < 1.29 is 19.5 Å². The van der Waals surface area contributed by atoms with E-state index in [9.17, 15) is 19.5 Å². The highest BCUT2D eigenvalue weighted by Crippen LogP contribution is 2.74. The summed E-state index contributed by atoms with van der Waals surface area (Å²) in [5, 5.41) is 12.3. The maximum Gasteiger partial charge on any atom is 0.309 e. The maximum atomic E-state index is 14.6. The van der Waals surface area contributed by atoms with Crippen LogP contribution in [0.25, 0.3) is 10.8 Å². The molecule has 2 aromatic carbocycles. The number of amides is 2. The van der Waals surface area contributed by atoms with Gasteiger partial charge in [-0.2, -0.15) is 0 Å². The Labute approximate surface area is 230 Å². The number of nitrogens with zero attached hydrogens (tertiary/aromatic N) is 1.